The van der Waals surface area contributed by atoms with Gasteiger partial charge in [0.25, 0.3) is 0 Å². The molecule has 14 heavy (non-hydrogen) atoms. The SMILES string of the molecule is CCCN(CC#N)Cc1csc(C)n1. The Morgan fingerprint density at radius 3 is 2.93 bits per heavy atom. The molecule has 0 saturated carbocycles. The van der Waals surface area contributed by atoms with Gasteiger partial charge in [0.2, 0.25) is 0 Å². The third kappa shape index (κ3) is 3.44. The summed E-state index contributed by atoms with van der Waals surface area (Å²) in [4.78, 5) is 6.50. The Morgan fingerprint density at radius 1 is 1.64 bits per heavy atom. The first-order valence-corrected chi connectivity index (χ1v) is 5.64. The first kappa shape index (κ1) is 11.2. The van der Waals surface area contributed by atoms with Crippen molar-refractivity contribution in [2.45, 2.75) is 26.8 Å². The van der Waals surface area contributed by atoms with Crippen LogP contribution in [0.5, 0.6) is 0 Å². The molecule has 3 nitrogen and oxygen atoms in total. The van der Waals surface area contributed by atoms with Crippen LogP contribution in [0.15, 0.2) is 5.38 Å². The van der Waals surface area contributed by atoms with E-state index in [0.717, 1.165) is 30.2 Å². The number of nitrogens with zero attached hydrogens (tertiary/aromatic N) is 3. The van der Waals surface area contributed by atoms with Gasteiger partial charge in [0.05, 0.1) is 23.3 Å². The Balaban J connectivity index is 2.51. The number of aromatic nitrogens is 1. The second-order valence-electron chi connectivity index (χ2n) is 3.23. The van der Waals surface area contributed by atoms with Crippen LogP contribution < -0.4 is 0 Å². The Bertz CT molecular complexity index is 313. The largest absolute Gasteiger partial charge is 0.285 e. The smallest absolute Gasteiger partial charge is 0.0897 e. The summed E-state index contributed by atoms with van der Waals surface area (Å²) in [5.41, 5.74) is 1.08. The Hall–Kier alpha value is -0.920. The topological polar surface area (TPSA) is 39.9 Å². The van der Waals surface area contributed by atoms with Gasteiger partial charge in [-0.3, -0.25) is 4.90 Å². The van der Waals surface area contributed by atoms with Crippen LogP contribution in [0.2, 0.25) is 0 Å². The minimum Gasteiger partial charge on any atom is -0.285 e. The first-order chi connectivity index (χ1) is 6.76. The fourth-order valence-corrected chi connectivity index (χ4v) is 1.94. The summed E-state index contributed by atoms with van der Waals surface area (Å²) in [6.07, 6.45) is 1.07. The van der Waals surface area contributed by atoms with Crippen LogP contribution in [-0.4, -0.2) is 23.0 Å². The number of aryl methyl sites for hydroxylation is 1. The maximum Gasteiger partial charge on any atom is 0.0897 e. The lowest BCUT2D eigenvalue weighted by molar-refractivity contribution is 0.295. The van der Waals surface area contributed by atoms with E-state index in [2.05, 4.69) is 28.3 Å². The van der Waals surface area contributed by atoms with Crippen molar-refractivity contribution in [1.29, 1.82) is 5.26 Å². The zero-order chi connectivity index (χ0) is 10.4. The van der Waals surface area contributed by atoms with Gasteiger partial charge < -0.3 is 0 Å². The van der Waals surface area contributed by atoms with Gasteiger partial charge in [-0.2, -0.15) is 5.26 Å². The summed E-state index contributed by atoms with van der Waals surface area (Å²) in [6, 6.07) is 2.18. The minimum atomic E-state index is 0.490. The highest BCUT2D eigenvalue weighted by atomic mass is 32.1. The third-order valence-electron chi connectivity index (χ3n) is 1.89. The lowest BCUT2D eigenvalue weighted by Crippen LogP contribution is -2.24. The van der Waals surface area contributed by atoms with Crippen molar-refractivity contribution in [3.63, 3.8) is 0 Å². The normalized spacial score (nSPS) is 10.4. The van der Waals surface area contributed by atoms with E-state index in [-0.39, 0.29) is 0 Å². The molecule has 0 spiro atoms. The summed E-state index contributed by atoms with van der Waals surface area (Å²) >= 11 is 1.66. The third-order valence-corrected chi connectivity index (χ3v) is 2.71. The molecule has 0 saturated heterocycles. The van der Waals surface area contributed by atoms with E-state index in [1.807, 2.05) is 6.92 Å². The van der Waals surface area contributed by atoms with Gasteiger partial charge in [0.15, 0.2) is 0 Å². The van der Waals surface area contributed by atoms with Gasteiger partial charge >= 0.3 is 0 Å². The second-order valence-corrected chi connectivity index (χ2v) is 4.29. The minimum absolute atomic E-state index is 0.490. The van der Waals surface area contributed by atoms with Gasteiger partial charge in [0.1, 0.15) is 0 Å². The van der Waals surface area contributed by atoms with E-state index < -0.39 is 0 Å². The number of hydrogen-bond acceptors (Lipinski definition) is 4. The molecule has 0 bridgehead atoms. The van der Waals surface area contributed by atoms with Crippen LogP contribution in [0.3, 0.4) is 0 Å². The standard InChI is InChI=1S/C10H15N3S/c1-3-5-13(6-4-11)7-10-8-14-9(2)12-10/h8H,3,5-7H2,1-2H3. The number of nitriles is 1. The molecule has 0 aliphatic carbocycles. The van der Waals surface area contributed by atoms with E-state index in [1.54, 1.807) is 11.3 Å². The average Bonchev–Trinajstić information content (AvgIpc) is 2.52. The molecule has 1 rings (SSSR count). The van der Waals surface area contributed by atoms with Gasteiger partial charge in [0, 0.05) is 11.9 Å². The van der Waals surface area contributed by atoms with Crippen molar-refractivity contribution < 1.29 is 0 Å². The monoisotopic (exact) mass is 209 g/mol. The fourth-order valence-electron chi connectivity index (χ4n) is 1.34. The molecule has 1 heterocycles. The van der Waals surface area contributed by atoms with Crippen LogP contribution in [0.25, 0.3) is 0 Å². The summed E-state index contributed by atoms with van der Waals surface area (Å²) < 4.78 is 0. The van der Waals surface area contributed by atoms with Crippen molar-refractivity contribution >= 4 is 11.3 Å². The highest BCUT2D eigenvalue weighted by Gasteiger charge is 2.06. The molecule has 0 atom stereocenters. The molecule has 0 fully saturated rings. The zero-order valence-electron chi connectivity index (χ0n) is 8.66. The summed E-state index contributed by atoms with van der Waals surface area (Å²) in [7, 11) is 0. The molecule has 76 valence electrons. The highest BCUT2D eigenvalue weighted by molar-refractivity contribution is 7.09. The van der Waals surface area contributed by atoms with Gasteiger partial charge in [-0.1, -0.05) is 6.92 Å². The van der Waals surface area contributed by atoms with Crippen LogP contribution in [0.4, 0.5) is 0 Å². The first-order valence-electron chi connectivity index (χ1n) is 4.76. The van der Waals surface area contributed by atoms with Crippen LogP contribution in [0, 0.1) is 18.3 Å². The number of thiazole rings is 1. The summed E-state index contributed by atoms with van der Waals surface area (Å²) in [5, 5.41) is 11.8. The molecule has 0 radical (unpaired) electrons. The van der Waals surface area contributed by atoms with Crippen molar-refractivity contribution in [1.82, 2.24) is 9.88 Å². The van der Waals surface area contributed by atoms with Gasteiger partial charge in [-0.25, -0.2) is 4.98 Å². The van der Waals surface area contributed by atoms with E-state index in [1.165, 1.54) is 0 Å². The molecule has 0 aliphatic heterocycles. The average molecular weight is 209 g/mol. The van der Waals surface area contributed by atoms with Crippen LogP contribution in [-0.2, 0) is 6.54 Å². The van der Waals surface area contributed by atoms with E-state index >= 15 is 0 Å². The van der Waals surface area contributed by atoms with E-state index in [0.29, 0.717) is 6.54 Å². The molecule has 4 heteroatoms. The summed E-state index contributed by atoms with van der Waals surface area (Å²) in [6.45, 7) is 6.37. The van der Waals surface area contributed by atoms with Crippen molar-refractivity contribution in [2.24, 2.45) is 0 Å². The lowest BCUT2D eigenvalue weighted by Gasteiger charge is -2.16. The van der Waals surface area contributed by atoms with E-state index in [4.69, 9.17) is 5.26 Å². The van der Waals surface area contributed by atoms with Crippen molar-refractivity contribution in [3.8, 4) is 6.07 Å². The molecular formula is C10H15N3S. The predicted molar refractivity (Wildman–Crippen MR) is 58.0 cm³/mol. The molecular weight excluding hydrogens is 194 g/mol. The Kier molecular flexibility index (Phi) is 4.57. The van der Waals surface area contributed by atoms with Crippen molar-refractivity contribution in [3.05, 3.63) is 16.1 Å². The Morgan fingerprint density at radius 2 is 2.43 bits per heavy atom. The molecule has 1 aromatic rings. The Labute approximate surface area is 89.0 Å². The highest BCUT2D eigenvalue weighted by Crippen LogP contribution is 2.10. The molecule has 0 aliphatic rings. The molecule has 0 amide bonds. The van der Waals surface area contributed by atoms with Crippen molar-refractivity contribution in [2.75, 3.05) is 13.1 Å². The summed E-state index contributed by atoms with van der Waals surface area (Å²) in [5.74, 6) is 0. The maximum absolute atomic E-state index is 8.64. The zero-order valence-corrected chi connectivity index (χ0v) is 9.47. The van der Waals surface area contributed by atoms with E-state index in [9.17, 15) is 0 Å². The molecule has 0 N–H and O–H groups in total. The fraction of sp³-hybridized carbons (Fsp3) is 0.600. The van der Waals surface area contributed by atoms with Crippen LogP contribution >= 0.6 is 11.3 Å². The number of hydrogen-bond donors (Lipinski definition) is 0. The van der Waals surface area contributed by atoms with Gasteiger partial charge in [-0.05, 0) is 19.9 Å². The number of rotatable bonds is 5. The van der Waals surface area contributed by atoms with Gasteiger partial charge in [-0.15, -0.1) is 11.3 Å². The molecule has 1 aromatic heterocycles. The predicted octanol–water partition coefficient (Wildman–Crippen LogP) is 2.19. The molecule has 0 unspecified atom stereocenters. The van der Waals surface area contributed by atoms with Crippen LogP contribution in [0.1, 0.15) is 24.0 Å². The quantitative estimate of drug-likeness (QED) is 0.698. The second kappa shape index (κ2) is 5.74. The molecule has 0 aromatic carbocycles. The maximum atomic E-state index is 8.64. The lowest BCUT2D eigenvalue weighted by atomic mass is 10.3.